The van der Waals surface area contributed by atoms with Crippen LogP contribution in [0.4, 0.5) is 17.1 Å². The van der Waals surface area contributed by atoms with Crippen molar-refractivity contribution in [3.63, 3.8) is 0 Å². The second-order valence-electron chi connectivity index (χ2n) is 8.90. The SMILES string of the molecule is C=CC(=O)C(C)COc1ccc(-c2ccc(N(c3ccc(C)cc3)c3ccc(C)cc3)cc2)cc1. The zero-order valence-corrected chi connectivity index (χ0v) is 20.6. The zero-order valence-electron chi connectivity index (χ0n) is 20.6. The molecule has 0 aliphatic heterocycles. The number of aryl methyl sites for hydroxylation is 2. The van der Waals surface area contributed by atoms with Crippen molar-refractivity contribution >= 4 is 22.8 Å². The quantitative estimate of drug-likeness (QED) is 0.235. The summed E-state index contributed by atoms with van der Waals surface area (Å²) in [5.41, 5.74) is 8.06. The Morgan fingerprint density at radius 1 is 0.743 bits per heavy atom. The first-order chi connectivity index (χ1) is 16.9. The molecule has 1 unspecified atom stereocenters. The molecule has 0 saturated carbocycles. The van der Waals surface area contributed by atoms with Gasteiger partial charge in [0.05, 0.1) is 12.5 Å². The maximum absolute atomic E-state index is 11.7. The lowest BCUT2D eigenvalue weighted by molar-refractivity contribution is -0.118. The van der Waals surface area contributed by atoms with E-state index in [0.29, 0.717) is 6.61 Å². The van der Waals surface area contributed by atoms with Crippen LogP contribution in [0.25, 0.3) is 11.1 Å². The average molecular weight is 462 g/mol. The zero-order chi connectivity index (χ0) is 24.8. The summed E-state index contributed by atoms with van der Waals surface area (Å²) in [6.45, 7) is 9.92. The number of nitrogens with zero attached hydrogens (tertiary/aromatic N) is 1. The minimum atomic E-state index is -0.204. The van der Waals surface area contributed by atoms with Gasteiger partial charge in [0.15, 0.2) is 5.78 Å². The van der Waals surface area contributed by atoms with Crippen LogP contribution in [0.15, 0.2) is 110 Å². The fourth-order valence-corrected chi connectivity index (χ4v) is 3.89. The molecule has 1 atom stereocenters. The van der Waals surface area contributed by atoms with Gasteiger partial charge >= 0.3 is 0 Å². The number of ether oxygens (including phenoxy) is 1. The van der Waals surface area contributed by atoms with Crippen molar-refractivity contribution < 1.29 is 9.53 Å². The maximum atomic E-state index is 11.7. The van der Waals surface area contributed by atoms with Gasteiger partial charge in [0.2, 0.25) is 0 Å². The molecule has 0 aromatic heterocycles. The molecular formula is C32H31NO2. The number of ketones is 1. The molecule has 0 fully saturated rings. The molecule has 0 aliphatic rings. The molecule has 0 radical (unpaired) electrons. The van der Waals surface area contributed by atoms with Crippen LogP contribution in [0.1, 0.15) is 18.1 Å². The molecule has 0 heterocycles. The number of benzene rings is 4. The van der Waals surface area contributed by atoms with Gasteiger partial charge in [0.25, 0.3) is 0 Å². The lowest BCUT2D eigenvalue weighted by Gasteiger charge is -2.26. The highest BCUT2D eigenvalue weighted by atomic mass is 16.5. The monoisotopic (exact) mass is 461 g/mol. The smallest absolute Gasteiger partial charge is 0.161 e. The van der Waals surface area contributed by atoms with Gasteiger partial charge in [0, 0.05) is 17.1 Å². The predicted octanol–water partition coefficient (Wildman–Crippen LogP) is 8.21. The fourth-order valence-electron chi connectivity index (χ4n) is 3.89. The minimum absolute atomic E-state index is 0.00738. The Morgan fingerprint density at radius 2 is 1.14 bits per heavy atom. The van der Waals surface area contributed by atoms with Crippen molar-refractivity contribution in [3.05, 3.63) is 121 Å². The molecule has 3 nitrogen and oxygen atoms in total. The van der Waals surface area contributed by atoms with Crippen LogP contribution >= 0.6 is 0 Å². The third-order valence-corrected chi connectivity index (χ3v) is 6.08. The first kappa shape index (κ1) is 24.0. The van der Waals surface area contributed by atoms with Gasteiger partial charge < -0.3 is 9.64 Å². The van der Waals surface area contributed by atoms with E-state index in [1.165, 1.54) is 17.2 Å². The van der Waals surface area contributed by atoms with E-state index in [4.69, 9.17) is 4.74 Å². The van der Waals surface area contributed by atoms with Crippen molar-refractivity contribution in [3.8, 4) is 16.9 Å². The van der Waals surface area contributed by atoms with Gasteiger partial charge in [-0.2, -0.15) is 0 Å². The van der Waals surface area contributed by atoms with Crippen LogP contribution in [-0.4, -0.2) is 12.4 Å². The Kier molecular flexibility index (Phi) is 7.47. The molecule has 4 aromatic carbocycles. The first-order valence-electron chi connectivity index (χ1n) is 11.9. The molecule has 35 heavy (non-hydrogen) atoms. The van der Waals surface area contributed by atoms with Crippen molar-refractivity contribution in [2.75, 3.05) is 11.5 Å². The van der Waals surface area contributed by atoms with E-state index in [2.05, 4.69) is 98.1 Å². The van der Waals surface area contributed by atoms with Crippen LogP contribution < -0.4 is 9.64 Å². The summed E-state index contributed by atoms with van der Waals surface area (Å²) in [7, 11) is 0. The number of anilines is 3. The summed E-state index contributed by atoms with van der Waals surface area (Å²) in [6, 6.07) is 33.8. The molecule has 4 aromatic rings. The van der Waals surface area contributed by atoms with Gasteiger partial charge in [0.1, 0.15) is 5.75 Å². The summed E-state index contributed by atoms with van der Waals surface area (Å²) >= 11 is 0. The molecule has 0 bridgehead atoms. The molecular weight excluding hydrogens is 430 g/mol. The molecule has 0 aliphatic carbocycles. The van der Waals surface area contributed by atoms with E-state index < -0.39 is 0 Å². The van der Waals surface area contributed by atoms with Crippen molar-refractivity contribution in [1.29, 1.82) is 0 Å². The molecule has 0 amide bonds. The van der Waals surface area contributed by atoms with Crippen molar-refractivity contribution in [2.24, 2.45) is 5.92 Å². The van der Waals surface area contributed by atoms with Crippen LogP contribution in [0.3, 0.4) is 0 Å². The summed E-state index contributed by atoms with van der Waals surface area (Å²) in [4.78, 5) is 13.9. The van der Waals surface area contributed by atoms with E-state index in [0.717, 1.165) is 33.9 Å². The predicted molar refractivity (Wildman–Crippen MR) is 146 cm³/mol. The van der Waals surface area contributed by atoms with E-state index in [9.17, 15) is 4.79 Å². The van der Waals surface area contributed by atoms with Crippen LogP contribution in [0.2, 0.25) is 0 Å². The van der Waals surface area contributed by atoms with Crippen LogP contribution in [0.5, 0.6) is 5.75 Å². The van der Waals surface area contributed by atoms with Crippen LogP contribution in [0, 0.1) is 19.8 Å². The van der Waals surface area contributed by atoms with Gasteiger partial charge in [-0.25, -0.2) is 0 Å². The molecule has 0 spiro atoms. The largest absolute Gasteiger partial charge is 0.493 e. The number of carbonyl (C=O) groups is 1. The molecule has 4 rings (SSSR count). The van der Waals surface area contributed by atoms with Crippen molar-refractivity contribution in [1.82, 2.24) is 0 Å². The standard InChI is InChI=1S/C32H31NO2/c1-5-32(34)25(4)22-35-31-20-12-27(13-21-31)26-10-18-30(19-11-26)33(28-14-6-23(2)7-15-28)29-16-8-24(3)9-17-29/h5-21,25H,1,22H2,2-4H3. The maximum Gasteiger partial charge on any atom is 0.161 e. The van der Waals surface area contributed by atoms with E-state index in [1.54, 1.807) is 0 Å². The van der Waals surface area contributed by atoms with Gasteiger partial charge in [-0.05, 0) is 79.6 Å². The Labute approximate surface area is 208 Å². The average Bonchev–Trinajstić information content (AvgIpc) is 2.90. The van der Waals surface area contributed by atoms with E-state index >= 15 is 0 Å². The third kappa shape index (κ3) is 5.88. The van der Waals surface area contributed by atoms with E-state index in [-0.39, 0.29) is 11.7 Å². The summed E-state index contributed by atoms with van der Waals surface area (Å²) < 4.78 is 5.77. The van der Waals surface area contributed by atoms with Crippen LogP contribution in [-0.2, 0) is 4.79 Å². The van der Waals surface area contributed by atoms with Gasteiger partial charge in [-0.1, -0.05) is 73.2 Å². The second-order valence-corrected chi connectivity index (χ2v) is 8.90. The summed E-state index contributed by atoms with van der Waals surface area (Å²) in [6.07, 6.45) is 1.35. The minimum Gasteiger partial charge on any atom is -0.493 e. The lowest BCUT2D eigenvalue weighted by atomic mass is 10.0. The second kappa shape index (κ2) is 10.9. The van der Waals surface area contributed by atoms with Gasteiger partial charge in [-0.3, -0.25) is 4.79 Å². The number of hydrogen-bond donors (Lipinski definition) is 0. The molecule has 0 saturated heterocycles. The number of rotatable bonds is 9. The number of allylic oxidation sites excluding steroid dienone is 1. The number of hydrogen-bond acceptors (Lipinski definition) is 3. The molecule has 0 N–H and O–H groups in total. The topological polar surface area (TPSA) is 29.5 Å². The Hall–Kier alpha value is -4.11. The van der Waals surface area contributed by atoms with Crippen molar-refractivity contribution in [2.45, 2.75) is 20.8 Å². The van der Waals surface area contributed by atoms with Gasteiger partial charge in [-0.15, -0.1) is 0 Å². The normalized spacial score (nSPS) is 11.5. The van der Waals surface area contributed by atoms with E-state index in [1.807, 2.05) is 31.2 Å². The Bertz CT molecular complexity index is 1230. The highest BCUT2D eigenvalue weighted by Crippen LogP contribution is 2.36. The lowest BCUT2D eigenvalue weighted by Crippen LogP contribution is -2.16. The third-order valence-electron chi connectivity index (χ3n) is 6.08. The first-order valence-corrected chi connectivity index (χ1v) is 11.9. The highest BCUT2D eigenvalue weighted by molar-refractivity contribution is 5.91. The Balaban J connectivity index is 1.55. The number of carbonyl (C=O) groups excluding carboxylic acids is 1. The molecule has 3 heteroatoms. The fraction of sp³-hybridized carbons (Fsp3) is 0.156. The molecule has 176 valence electrons. The summed E-state index contributed by atoms with van der Waals surface area (Å²) in [5.74, 6) is 0.538. The highest BCUT2D eigenvalue weighted by Gasteiger charge is 2.13. The summed E-state index contributed by atoms with van der Waals surface area (Å²) in [5, 5.41) is 0. The Morgan fingerprint density at radius 3 is 1.57 bits per heavy atom.